The van der Waals surface area contributed by atoms with E-state index in [1.807, 2.05) is 20.8 Å². The third-order valence-electron chi connectivity index (χ3n) is 3.82. The van der Waals surface area contributed by atoms with Crippen LogP contribution in [-0.4, -0.2) is 35.0 Å². The summed E-state index contributed by atoms with van der Waals surface area (Å²) < 4.78 is 0. The molecular formula is C12H19N3O2. The maximum absolute atomic E-state index is 12.4. The zero-order chi connectivity index (χ0) is 12.6. The molecule has 2 amide bonds. The van der Waals surface area contributed by atoms with Crippen molar-refractivity contribution in [2.45, 2.75) is 46.1 Å². The molecule has 0 aliphatic carbocycles. The molecule has 17 heavy (non-hydrogen) atoms. The van der Waals surface area contributed by atoms with Crippen LogP contribution in [0.25, 0.3) is 0 Å². The first-order chi connectivity index (χ1) is 7.97. The molecule has 5 heteroatoms. The Morgan fingerprint density at radius 3 is 2.82 bits per heavy atom. The topological polar surface area (TPSA) is 61.8 Å². The number of hydrogen-bond donors (Lipinski definition) is 1. The van der Waals surface area contributed by atoms with Crippen molar-refractivity contribution in [2.75, 3.05) is 6.54 Å². The van der Waals surface area contributed by atoms with E-state index in [2.05, 4.69) is 10.5 Å². The zero-order valence-electron chi connectivity index (χ0n) is 10.6. The van der Waals surface area contributed by atoms with Gasteiger partial charge in [0.1, 0.15) is 11.8 Å². The Hall–Kier alpha value is -1.39. The van der Waals surface area contributed by atoms with Crippen LogP contribution >= 0.6 is 0 Å². The van der Waals surface area contributed by atoms with E-state index in [-0.39, 0.29) is 23.3 Å². The average Bonchev–Trinajstić information content (AvgIpc) is 2.73. The van der Waals surface area contributed by atoms with Crippen molar-refractivity contribution in [1.82, 2.24) is 10.3 Å². The van der Waals surface area contributed by atoms with E-state index in [0.29, 0.717) is 12.3 Å². The minimum absolute atomic E-state index is 0.0855. The summed E-state index contributed by atoms with van der Waals surface area (Å²) in [4.78, 5) is 25.8. The first kappa shape index (κ1) is 12.1. The van der Waals surface area contributed by atoms with E-state index in [4.69, 9.17) is 0 Å². The van der Waals surface area contributed by atoms with E-state index in [9.17, 15) is 9.59 Å². The van der Waals surface area contributed by atoms with E-state index >= 15 is 0 Å². The molecule has 2 aliphatic rings. The Labute approximate surface area is 101 Å². The van der Waals surface area contributed by atoms with Crippen molar-refractivity contribution in [1.29, 1.82) is 0 Å². The predicted octanol–water partition coefficient (Wildman–Crippen LogP) is 0.899. The molecule has 1 fully saturated rings. The molecule has 2 heterocycles. The van der Waals surface area contributed by atoms with Gasteiger partial charge in [0.05, 0.1) is 0 Å². The summed E-state index contributed by atoms with van der Waals surface area (Å²) in [5, 5.41) is 4.04. The molecule has 94 valence electrons. The molecule has 1 N–H and O–H groups in total. The highest BCUT2D eigenvalue weighted by molar-refractivity contribution is 6.41. The minimum atomic E-state index is -0.323. The van der Waals surface area contributed by atoms with Gasteiger partial charge >= 0.3 is 0 Å². The molecule has 2 rings (SSSR count). The number of hydrazone groups is 1. The van der Waals surface area contributed by atoms with Gasteiger partial charge in [0, 0.05) is 12.0 Å². The molecule has 0 aromatic rings. The molecule has 0 radical (unpaired) electrons. The van der Waals surface area contributed by atoms with E-state index in [1.165, 1.54) is 0 Å². The fourth-order valence-electron chi connectivity index (χ4n) is 2.26. The Bertz CT molecular complexity index is 387. The lowest BCUT2D eigenvalue weighted by molar-refractivity contribution is -0.133. The van der Waals surface area contributed by atoms with E-state index in [0.717, 1.165) is 19.3 Å². The normalized spacial score (nSPS) is 25.2. The van der Waals surface area contributed by atoms with Gasteiger partial charge in [0.15, 0.2) is 0 Å². The van der Waals surface area contributed by atoms with Crippen LogP contribution in [0.5, 0.6) is 0 Å². The molecule has 0 aromatic carbocycles. The quantitative estimate of drug-likeness (QED) is 0.775. The largest absolute Gasteiger partial charge is 0.325 e. The van der Waals surface area contributed by atoms with Crippen LogP contribution in [-0.2, 0) is 9.59 Å². The van der Waals surface area contributed by atoms with Crippen molar-refractivity contribution < 1.29 is 9.59 Å². The number of rotatable bonds is 2. The van der Waals surface area contributed by atoms with Crippen LogP contribution in [0.4, 0.5) is 0 Å². The van der Waals surface area contributed by atoms with Crippen molar-refractivity contribution >= 4 is 17.5 Å². The summed E-state index contributed by atoms with van der Waals surface area (Å²) in [6, 6.07) is -0.323. The van der Waals surface area contributed by atoms with Crippen LogP contribution in [0.1, 0.15) is 40.0 Å². The summed E-state index contributed by atoms with van der Waals surface area (Å²) in [7, 11) is 0. The van der Waals surface area contributed by atoms with Crippen molar-refractivity contribution in [3.63, 3.8) is 0 Å². The molecular weight excluding hydrogens is 218 g/mol. The van der Waals surface area contributed by atoms with Gasteiger partial charge in [-0.1, -0.05) is 20.8 Å². The Morgan fingerprint density at radius 2 is 2.18 bits per heavy atom. The number of carbonyl (C=O) groups is 2. The summed E-state index contributed by atoms with van der Waals surface area (Å²) in [6.45, 7) is 6.64. The molecule has 0 saturated carbocycles. The number of carbonyl (C=O) groups excluding carboxylic acids is 2. The third kappa shape index (κ3) is 1.94. The van der Waals surface area contributed by atoms with Crippen molar-refractivity contribution in [2.24, 2.45) is 10.5 Å². The first-order valence-electron chi connectivity index (χ1n) is 6.16. The third-order valence-corrected chi connectivity index (χ3v) is 3.82. The summed E-state index contributed by atoms with van der Waals surface area (Å²) >= 11 is 0. The average molecular weight is 237 g/mol. The van der Waals surface area contributed by atoms with Crippen LogP contribution in [0, 0.1) is 5.41 Å². The molecule has 2 aliphatic heterocycles. The standard InChI is InChI=1S/C12H19N3O2/c1-4-12(2,3)9-11(17)15-7-5-6-8(15)10(16)14-13-9/h8H,4-7H2,1-3H3,(H,14,16)/t8-/m0/s1. The van der Waals surface area contributed by atoms with E-state index < -0.39 is 0 Å². The zero-order valence-corrected chi connectivity index (χ0v) is 10.6. The Morgan fingerprint density at radius 1 is 1.47 bits per heavy atom. The van der Waals surface area contributed by atoms with Gasteiger partial charge in [-0.25, -0.2) is 5.43 Å². The summed E-state index contributed by atoms with van der Waals surface area (Å²) in [5.41, 5.74) is 2.69. The second-order valence-corrected chi connectivity index (χ2v) is 5.33. The molecule has 0 aromatic heterocycles. The predicted molar refractivity (Wildman–Crippen MR) is 64.4 cm³/mol. The number of nitrogens with one attached hydrogen (secondary N) is 1. The number of fused-ring (bicyclic) bond motifs is 1. The lowest BCUT2D eigenvalue weighted by Crippen LogP contribution is -2.46. The van der Waals surface area contributed by atoms with Crippen LogP contribution < -0.4 is 5.43 Å². The SMILES string of the molecule is CCC(C)(C)C1=NNC(=O)[C@@H]2CCCN2C1=O. The Balaban J connectivity index is 2.35. The lowest BCUT2D eigenvalue weighted by Gasteiger charge is -2.27. The highest BCUT2D eigenvalue weighted by Crippen LogP contribution is 2.27. The fraction of sp³-hybridized carbons (Fsp3) is 0.750. The maximum atomic E-state index is 12.4. The monoisotopic (exact) mass is 237 g/mol. The molecule has 0 spiro atoms. The molecule has 1 saturated heterocycles. The second kappa shape index (κ2) is 4.13. The van der Waals surface area contributed by atoms with Gasteiger partial charge in [0.25, 0.3) is 11.8 Å². The maximum Gasteiger partial charge on any atom is 0.271 e. The second-order valence-electron chi connectivity index (χ2n) is 5.33. The van der Waals surface area contributed by atoms with Gasteiger partial charge in [0.2, 0.25) is 0 Å². The summed E-state index contributed by atoms with van der Waals surface area (Å²) in [5.74, 6) is -0.240. The van der Waals surface area contributed by atoms with Crippen molar-refractivity contribution in [3.8, 4) is 0 Å². The van der Waals surface area contributed by atoms with Crippen LogP contribution in [0.15, 0.2) is 5.10 Å². The molecule has 0 unspecified atom stereocenters. The first-order valence-corrected chi connectivity index (χ1v) is 6.16. The van der Waals surface area contributed by atoms with Gasteiger partial charge in [-0.3, -0.25) is 9.59 Å². The summed E-state index contributed by atoms with van der Waals surface area (Å²) in [6.07, 6.45) is 2.45. The van der Waals surface area contributed by atoms with E-state index in [1.54, 1.807) is 4.90 Å². The lowest BCUT2D eigenvalue weighted by atomic mass is 9.84. The number of hydrogen-bond acceptors (Lipinski definition) is 3. The van der Waals surface area contributed by atoms with Gasteiger partial charge in [-0.05, 0) is 19.3 Å². The van der Waals surface area contributed by atoms with Crippen LogP contribution in [0.2, 0.25) is 0 Å². The van der Waals surface area contributed by atoms with Gasteiger partial charge in [-0.15, -0.1) is 0 Å². The van der Waals surface area contributed by atoms with Crippen LogP contribution in [0.3, 0.4) is 0 Å². The number of amides is 2. The smallest absolute Gasteiger partial charge is 0.271 e. The van der Waals surface area contributed by atoms with Gasteiger partial charge in [-0.2, -0.15) is 5.10 Å². The highest BCUT2D eigenvalue weighted by atomic mass is 16.2. The van der Waals surface area contributed by atoms with Gasteiger partial charge < -0.3 is 4.90 Å². The minimum Gasteiger partial charge on any atom is -0.325 e. The Kier molecular flexibility index (Phi) is 2.93. The molecule has 0 bridgehead atoms. The number of nitrogens with zero attached hydrogens (tertiary/aromatic N) is 2. The molecule has 5 nitrogen and oxygen atoms in total. The highest BCUT2D eigenvalue weighted by Gasteiger charge is 2.42. The molecule has 1 atom stereocenters. The van der Waals surface area contributed by atoms with Crippen molar-refractivity contribution in [3.05, 3.63) is 0 Å². The fourth-order valence-corrected chi connectivity index (χ4v) is 2.26.